The molecule has 0 saturated carbocycles. The molecule has 0 bridgehead atoms. The summed E-state index contributed by atoms with van der Waals surface area (Å²) >= 11 is 9.21. The maximum absolute atomic E-state index is 12.2. The number of hydrogen-bond acceptors (Lipinski definition) is 4. The summed E-state index contributed by atoms with van der Waals surface area (Å²) in [5, 5.41) is 12.7. The molecule has 128 valence electrons. The Balaban J connectivity index is 1.63. The van der Waals surface area contributed by atoms with Crippen molar-refractivity contribution in [1.29, 1.82) is 0 Å². The Hall–Kier alpha value is -2.44. The van der Waals surface area contributed by atoms with Crippen molar-refractivity contribution in [1.82, 2.24) is 0 Å². The highest BCUT2D eigenvalue weighted by Gasteiger charge is 2.14. The van der Waals surface area contributed by atoms with Crippen molar-refractivity contribution in [3.05, 3.63) is 75.6 Å². The standard InChI is InChI=1S/C18H13BrClNO4/c19-11-1-4-13(5-2-11)24-10-14-6-8-17(25-14)18(23)21-15-9-12(20)3-7-16(15)22/h1-9,22H,10H2,(H,21,23). The van der Waals surface area contributed by atoms with E-state index in [1.807, 2.05) is 24.3 Å². The molecule has 1 heterocycles. The summed E-state index contributed by atoms with van der Waals surface area (Å²) in [4.78, 5) is 12.2. The molecule has 7 heteroatoms. The molecule has 2 aromatic carbocycles. The number of phenols is 1. The molecule has 0 unspecified atom stereocenters. The van der Waals surface area contributed by atoms with Gasteiger partial charge in [-0.25, -0.2) is 0 Å². The van der Waals surface area contributed by atoms with Gasteiger partial charge in [0.2, 0.25) is 0 Å². The summed E-state index contributed by atoms with van der Waals surface area (Å²) in [6.07, 6.45) is 0. The second kappa shape index (κ2) is 7.63. The van der Waals surface area contributed by atoms with E-state index in [4.69, 9.17) is 20.8 Å². The Morgan fingerprint density at radius 1 is 1.16 bits per heavy atom. The van der Waals surface area contributed by atoms with Gasteiger partial charge in [0.25, 0.3) is 5.91 Å². The molecule has 0 radical (unpaired) electrons. The van der Waals surface area contributed by atoms with Gasteiger partial charge in [-0.15, -0.1) is 0 Å². The van der Waals surface area contributed by atoms with Crippen LogP contribution in [0.3, 0.4) is 0 Å². The van der Waals surface area contributed by atoms with Gasteiger partial charge in [-0.05, 0) is 54.6 Å². The number of amides is 1. The van der Waals surface area contributed by atoms with Crippen molar-refractivity contribution in [2.45, 2.75) is 6.61 Å². The van der Waals surface area contributed by atoms with E-state index in [1.54, 1.807) is 6.07 Å². The van der Waals surface area contributed by atoms with Crippen LogP contribution in [-0.4, -0.2) is 11.0 Å². The third kappa shape index (κ3) is 4.55. The minimum absolute atomic E-state index is 0.0805. The number of carbonyl (C=O) groups is 1. The maximum Gasteiger partial charge on any atom is 0.291 e. The minimum Gasteiger partial charge on any atom is -0.506 e. The van der Waals surface area contributed by atoms with Gasteiger partial charge >= 0.3 is 0 Å². The first-order valence-electron chi connectivity index (χ1n) is 7.28. The van der Waals surface area contributed by atoms with E-state index in [2.05, 4.69) is 21.2 Å². The SMILES string of the molecule is O=C(Nc1cc(Cl)ccc1O)c1ccc(COc2ccc(Br)cc2)o1. The van der Waals surface area contributed by atoms with Crippen LogP contribution >= 0.6 is 27.5 Å². The Morgan fingerprint density at radius 2 is 1.92 bits per heavy atom. The second-order valence-electron chi connectivity index (χ2n) is 5.12. The molecule has 0 spiro atoms. The van der Waals surface area contributed by atoms with Crippen LogP contribution in [-0.2, 0) is 6.61 Å². The lowest BCUT2D eigenvalue weighted by molar-refractivity contribution is 0.0992. The quantitative estimate of drug-likeness (QED) is 0.552. The third-order valence-corrected chi connectivity index (χ3v) is 4.05. The van der Waals surface area contributed by atoms with Crippen LogP contribution in [0.15, 0.2) is 63.5 Å². The molecule has 25 heavy (non-hydrogen) atoms. The number of rotatable bonds is 5. The van der Waals surface area contributed by atoms with Crippen molar-refractivity contribution < 1.29 is 19.1 Å². The molecule has 0 aliphatic rings. The van der Waals surface area contributed by atoms with Crippen LogP contribution in [0.25, 0.3) is 0 Å². The summed E-state index contributed by atoms with van der Waals surface area (Å²) in [6.45, 7) is 0.192. The number of benzene rings is 2. The Morgan fingerprint density at radius 3 is 2.68 bits per heavy atom. The first kappa shape index (κ1) is 17.4. The molecular weight excluding hydrogens is 410 g/mol. The summed E-state index contributed by atoms with van der Waals surface area (Å²) in [5.41, 5.74) is 0.210. The molecule has 2 N–H and O–H groups in total. The zero-order valence-corrected chi connectivity index (χ0v) is 15.2. The van der Waals surface area contributed by atoms with Gasteiger partial charge in [0, 0.05) is 9.50 Å². The summed E-state index contributed by atoms with van der Waals surface area (Å²) in [6, 6.07) is 15.0. The van der Waals surface area contributed by atoms with E-state index < -0.39 is 5.91 Å². The average molecular weight is 423 g/mol. The first-order valence-corrected chi connectivity index (χ1v) is 8.45. The lowest BCUT2D eigenvalue weighted by Gasteiger charge is -2.06. The number of nitrogens with one attached hydrogen (secondary N) is 1. The number of anilines is 1. The molecule has 0 atom stereocenters. The Labute approximate surface area is 157 Å². The number of aromatic hydroxyl groups is 1. The molecular formula is C18H13BrClNO4. The Bertz CT molecular complexity index is 892. The number of halogens is 2. The Kier molecular flexibility index (Phi) is 5.31. The van der Waals surface area contributed by atoms with E-state index in [0.29, 0.717) is 16.5 Å². The highest BCUT2D eigenvalue weighted by molar-refractivity contribution is 9.10. The van der Waals surface area contributed by atoms with Crippen molar-refractivity contribution in [3.63, 3.8) is 0 Å². The molecule has 0 saturated heterocycles. The zero-order chi connectivity index (χ0) is 17.8. The zero-order valence-electron chi connectivity index (χ0n) is 12.8. The molecule has 0 aliphatic carbocycles. The molecule has 5 nitrogen and oxygen atoms in total. The fraction of sp³-hybridized carbons (Fsp3) is 0.0556. The normalized spacial score (nSPS) is 10.5. The fourth-order valence-electron chi connectivity index (χ4n) is 2.06. The van der Waals surface area contributed by atoms with Crippen LogP contribution in [0.1, 0.15) is 16.3 Å². The van der Waals surface area contributed by atoms with Crippen molar-refractivity contribution in [2.75, 3.05) is 5.32 Å². The van der Waals surface area contributed by atoms with Crippen molar-refractivity contribution in [3.8, 4) is 11.5 Å². The second-order valence-corrected chi connectivity index (χ2v) is 6.48. The number of phenolic OH excluding ortho intramolecular Hbond substituents is 1. The van der Waals surface area contributed by atoms with Crippen LogP contribution in [0, 0.1) is 0 Å². The highest BCUT2D eigenvalue weighted by atomic mass is 79.9. The molecule has 0 aliphatic heterocycles. The summed E-state index contributed by atoms with van der Waals surface area (Å²) in [5.74, 6) is 0.724. The number of carbonyl (C=O) groups excluding carboxylic acids is 1. The average Bonchev–Trinajstić information content (AvgIpc) is 3.07. The summed E-state index contributed by atoms with van der Waals surface area (Å²) in [7, 11) is 0. The number of hydrogen-bond donors (Lipinski definition) is 2. The highest BCUT2D eigenvalue weighted by Crippen LogP contribution is 2.27. The van der Waals surface area contributed by atoms with Crippen LogP contribution < -0.4 is 10.1 Å². The van der Waals surface area contributed by atoms with Crippen LogP contribution in [0.5, 0.6) is 11.5 Å². The topological polar surface area (TPSA) is 71.7 Å². The van der Waals surface area contributed by atoms with Gasteiger partial charge in [0.15, 0.2) is 5.76 Å². The fourth-order valence-corrected chi connectivity index (χ4v) is 2.49. The smallest absolute Gasteiger partial charge is 0.291 e. The maximum atomic E-state index is 12.2. The van der Waals surface area contributed by atoms with Gasteiger partial charge in [-0.3, -0.25) is 4.79 Å². The largest absolute Gasteiger partial charge is 0.506 e. The van der Waals surface area contributed by atoms with Gasteiger partial charge in [0.1, 0.15) is 23.9 Å². The van der Waals surface area contributed by atoms with Gasteiger partial charge in [0.05, 0.1) is 5.69 Å². The first-order chi connectivity index (χ1) is 12.0. The summed E-state index contributed by atoms with van der Waals surface area (Å²) < 4.78 is 12.0. The van der Waals surface area contributed by atoms with E-state index in [0.717, 1.165) is 4.47 Å². The molecule has 1 amide bonds. The van der Waals surface area contributed by atoms with E-state index in [9.17, 15) is 9.90 Å². The van der Waals surface area contributed by atoms with Gasteiger partial charge in [-0.1, -0.05) is 27.5 Å². The van der Waals surface area contributed by atoms with Gasteiger partial charge in [-0.2, -0.15) is 0 Å². The predicted molar refractivity (Wildman–Crippen MR) is 98.3 cm³/mol. The monoisotopic (exact) mass is 421 g/mol. The lowest BCUT2D eigenvalue weighted by atomic mass is 10.3. The number of furan rings is 1. The van der Waals surface area contributed by atoms with Crippen LogP contribution in [0.4, 0.5) is 5.69 Å². The van der Waals surface area contributed by atoms with Crippen LogP contribution in [0.2, 0.25) is 5.02 Å². The van der Waals surface area contributed by atoms with E-state index in [-0.39, 0.29) is 23.8 Å². The molecule has 3 rings (SSSR count). The number of ether oxygens (including phenoxy) is 1. The third-order valence-electron chi connectivity index (χ3n) is 3.29. The van der Waals surface area contributed by atoms with Crippen molar-refractivity contribution in [2.24, 2.45) is 0 Å². The predicted octanol–water partition coefficient (Wildman–Crippen LogP) is 5.23. The van der Waals surface area contributed by atoms with E-state index >= 15 is 0 Å². The molecule has 0 fully saturated rings. The van der Waals surface area contributed by atoms with Crippen molar-refractivity contribution >= 4 is 39.1 Å². The van der Waals surface area contributed by atoms with Gasteiger partial charge < -0.3 is 19.6 Å². The molecule has 3 aromatic rings. The minimum atomic E-state index is -0.493. The van der Waals surface area contributed by atoms with E-state index in [1.165, 1.54) is 24.3 Å². The lowest BCUT2D eigenvalue weighted by Crippen LogP contribution is -2.11. The molecule has 1 aromatic heterocycles.